The molecule has 0 saturated carbocycles. The topological polar surface area (TPSA) is 58.4 Å². The smallest absolute Gasteiger partial charge is 0.264 e. The Kier molecular flexibility index (Phi) is 4.35. The van der Waals surface area contributed by atoms with Gasteiger partial charge in [0.1, 0.15) is 17.0 Å². The van der Waals surface area contributed by atoms with Crippen LogP contribution in [-0.4, -0.2) is 46.5 Å². The Hall–Kier alpha value is -3.22. The number of fused-ring (bicyclic) bond motifs is 1. The van der Waals surface area contributed by atoms with Crippen molar-refractivity contribution in [3.05, 3.63) is 70.4 Å². The quantitative estimate of drug-likeness (QED) is 0.696. The molecule has 3 heterocycles. The Morgan fingerprint density at radius 2 is 1.78 bits per heavy atom. The lowest BCUT2D eigenvalue weighted by Crippen LogP contribution is -2.49. The molecule has 3 aromatic rings. The molecule has 0 aliphatic carbocycles. The maximum atomic E-state index is 13.1. The zero-order valence-corrected chi connectivity index (χ0v) is 14.9. The number of amides is 1. The Morgan fingerprint density at radius 3 is 2.48 bits per heavy atom. The van der Waals surface area contributed by atoms with Crippen molar-refractivity contribution < 1.29 is 9.18 Å². The van der Waals surface area contributed by atoms with Crippen molar-refractivity contribution in [3.8, 4) is 0 Å². The van der Waals surface area contributed by atoms with Gasteiger partial charge in [0.05, 0.1) is 0 Å². The van der Waals surface area contributed by atoms with E-state index in [4.69, 9.17) is 0 Å². The highest BCUT2D eigenvalue weighted by molar-refractivity contribution is 5.97. The molecule has 0 N–H and O–H groups in total. The highest BCUT2D eigenvalue weighted by atomic mass is 19.1. The number of halogens is 1. The van der Waals surface area contributed by atoms with Crippen LogP contribution in [0.25, 0.3) is 11.0 Å². The fraction of sp³-hybridized carbons (Fsp3) is 0.250. The van der Waals surface area contributed by atoms with Gasteiger partial charge >= 0.3 is 0 Å². The van der Waals surface area contributed by atoms with Crippen LogP contribution in [0.5, 0.6) is 0 Å². The van der Waals surface area contributed by atoms with Gasteiger partial charge < -0.3 is 9.80 Å². The molecule has 0 bridgehead atoms. The number of carbonyl (C=O) groups excluding carboxylic acids is 1. The molecule has 6 nitrogen and oxygen atoms in total. The van der Waals surface area contributed by atoms with Crippen LogP contribution in [-0.2, 0) is 7.05 Å². The molecule has 0 spiro atoms. The number of hydrogen-bond acceptors (Lipinski definition) is 4. The fourth-order valence-electron chi connectivity index (χ4n) is 3.44. The third kappa shape index (κ3) is 3.16. The SMILES string of the molecule is Cn1c(=O)c(C(=O)N2CCN(c3ccc(F)cc3)CC2)cc2cccnc21. The minimum Gasteiger partial charge on any atom is -0.368 e. The molecule has 138 valence electrons. The summed E-state index contributed by atoms with van der Waals surface area (Å²) in [6.45, 7) is 2.27. The van der Waals surface area contributed by atoms with Gasteiger partial charge in [0, 0.05) is 50.5 Å². The van der Waals surface area contributed by atoms with Crippen LogP contribution in [0, 0.1) is 5.82 Å². The number of nitrogens with zero attached hydrogens (tertiary/aromatic N) is 4. The lowest BCUT2D eigenvalue weighted by Gasteiger charge is -2.36. The van der Waals surface area contributed by atoms with Crippen molar-refractivity contribution in [1.82, 2.24) is 14.5 Å². The summed E-state index contributed by atoms with van der Waals surface area (Å²) in [6.07, 6.45) is 1.62. The van der Waals surface area contributed by atoms with E-state index < -0.39 is 0 Å². The van der Waals surface area contributed by atoms with Gasteiger partial charge in [-0.05, 0) is 42.5 Å². The number of pyridine rings is 2. The summed E-state index contributed by atoms with van der Waals surface area (Å²) < 4.78 is 14.5. The normalized spacial score (nSPS) is 14.6. The molecule has 1 amide bonds. The zero-order valence-electron chi connectivity index (χ0n) is 14.9. The summed E-state index contributed by atoms with van der Waals surface area (Å²) in [6, 6.07) is 11.6. The molecule has 1 aromatic carbocycles. The molecule has 0 radical (unpaired) electrons. The van der Waals surface area contributed by atoms with Gasteiger partial charge in [-0.2, -0.15) is 0 Å². The second-order valence-electron chi connectivity index (χ2n) is 6.59. The Labute approximate surface area is 155 Å². The first-order valence-corrected chi connectivity index (χ1v) is 8.79. The van der Waals surface area contributed by atoms with Crippen LogP contribution in [0.15, 0.2) is 53.5 Å². The number of rotatable bonds is 2. The maximum Gasteiger partial charge on any atom is 0.264 e. The maximum absolute atomic E-state index is 13.1. The second-order valence-corrected chi connectivity index (χ2v) is 6.59. The van der Waals surface area contributed by atoms with Gasteiger partial charge in [-0.3, -0.25) is 14.2 Å². The van der Waals surface area contributed by atoms with E-state index in [1.807, 2.05) is 6.07 Å². The molecule has 1 aliphatic rings. The molecule has 0 unspecified atom stereocenters. The molecule has 0 atom stereocenters. The van der Waals surface area contributed by atoms with Gasteiger partial charge in [-0.15, -0.1) is 0 Å². The molecule has 27 heavy (non-hydrogen) atoms. The standard InChI is InChI=1S/C20H19FN4O2/c1-23-18-14(3-2-8-22-18)13-17(19(23)26)20(27)25-11-9-24(10-12-25)16-6-4-15(21)5-7-16/h2-8,13H,9-12H2,1H3. The van der Waals surface area contributed by atoms with E-state index in [0.29, 0.717) is 31.8 Å². The molecule has 7 heteroatoms. The van der Waals surface area contributed by atoms with Crippen LogP contribution in [0.1, 0.15) is 10.4 Å². The minimum atomic E-state index is -0.341. The molecule has 1 fully saturated rings. The van der Waals surface area contributed by atoms with E-state index in [1.165, 1.54) is 16.7 Å². The van der Waals surface area contributed by atoms with Crippen molar-refractivity contribution in [3.63, 3.8) is 0 Å². The predicted molar refractivity (Wildman–Crippen MR) is 102 cm³/mol. The number of aryl methyl sites for hydroxylation is 1. The average molecular weight is 366 g/mol. The first-order chi connectivity index (χ1) is 13.0. The first kappa shape index (κ1) is 17.2. The van der Waals surface area contributed by atoms with Gasteiger partial charge in [0.25, 0.3) is 11.5 Å². The molecule has 2 aromatic heterocycles. The summed E-state index contributed by atoms with van der Waals surface area (Å²) in [5, 5.41) is 0.757. The highest BCUT2D eigenvalue weighted by Gasteiger charge is 2.25. The van der Waals surface area contributed by atoms with Crippen molar-refractivity contribution in [1.29, 1.82) is 0 Å². The summed E-state index contributed by atoms with van der Waals surface area (Å²) >= 11 is 0. The summed E-state index contributed by atoms with van der Waals surface area (Å²) in [5.74, 6) is -0.533. The van der Waals surface area contributed by atoms with Gasteiger partial charge in [0.15, 0.2) is 0 Å². The van der Waals surface area contributed by atoms with Crippen molar-refractivity contribution >= 4 is 22.6 Å². The van der Waals surface area contributed by atoms with Crippen molar-refractivity contribution in [2.45, 2.75) is 0 Å². The van der Waals surface area contributed by atoms with Crippen LogP contribution < -0.4 is 10.5 Å². The van der Waals surface area contributed by atoms with E-state index in [-0.39, 0.29) is 22.8 Å². The lowest BCUT2D eigenvalue weighted by atomic mass is 10.1. The monoisotopic (exact) mass is 366 g/mol. The van der Waals surface area contributed by atoms with E-state index in [9.17, 15) is 14.0 Å². The number of piperazine rings is 1. The summed E-state index contributed by atoms with van der Waals surface area (Å²) in [7, 11) is 1.63. The van der Waals surface area contributed by atoms with Crippen molar-refractivity contribution in [2.24, 2.45) is 7.05 Å². The predicted octanol–water partition coefficient (Wildman–Crippen LogP) is 2.03. The number of anilines is 1. The van der Waals surface area contributed by atoms with Crippen LogP contribution >= 0.6 is 0 Å². The summed E-state index contributed by atoms with van der Waals surface area (Å²) in [5.41, 5.74) is 1.30. The first-order valence-electron chi connectivity index (χ1n) is 8.79. The van der Waals surface area contributed by atoms with Gasteiger partial charge in [0.2, 0.25) is 0 Å². The lowest BCUT2D eigenvalue weighted by molar-refractivity contribution is 0.0744. The number of hydrogen-bond donors (Lipinski definition) is 0. The summed E-state index contributed by atoms with van der Waals surface area (Å²) in [4.78, 5) is 33.5. The third-order valence-electron chi connectivity index (χ3n) is 4.96. The fourth-order valence-corrected chi connectivity index (χ4v) is 3.44. The van der Waals surface area contributed by atoms with Crippen LogP contribution in [0.4, 0.5) is 10.1 Å². The highest BCUT2D eigenvalue weighted by Crippen LogP contribution is 2.18. The molecular weight excluding hydrogens is 347 g/mol. The zero-order chi connectivity index (χ0) is 19.0. The second kappa shape index (κ2) is 6.83. The van der Waals surface area contributed by atoms with E-state index >= 15 is 0 Å². The van der Waals surface area contributed by atoms with E-state index in [0.717, 1.165) is 11.1 Å². The largest absolute Gasteiger partial charge is 0.368 e. The number of carbonyl (C=O) groups is 1. The Morgan fingerprint density at radius 1 is 1.07 bits per heavy atom. The molecular formula is C20H19FN4O2. The van der Waals surface area contributed by atoms with Crippen molar-refractivity contribution in [2.75, 3.05) is 31.1 Å². The third-order valence-corrected chi connectivity index (χ3v) is 4.96. The average Bonchev–Trinajstić information content (AvgIpc) is 2.71. The van der Waals surface area contributed by atoms with Gasteiger partial charge in [-0.25, -0.2) is 9.37 Å². The molecule has 4 rings (SSSR count). The minimum absolute atomic E-state index is 0.160. The van der Waals surface area contributed by atoms with E-state index in [1.54, 1.807) is 42.4 Å². The van der Waals surface area contributed by atoms with Crippen LogP contribution in [0.2, 0.25) is 0 Å². The molecule has 1 saturated heterocycles. The molecule has 1 aliphatic heterocycles. The van der Waals surface area contributed by atoms with Gasteiger partial charge in [-0.1, -0.05) is 0 Å². The Bertz CT molecular complexity index is 1050. The van der Waals surface area contributed by atoms with E-state index in [2.05, 4.69) is 9.88 Å². The number of aromatic nitrogens is 2. The Balaban J connectivity index is 1.54. The van der Waals surface area contributed by atoms with Crippen LogP contribution in [0.3, 0.4) is 0 Å². The number of benzene rings is 1.